The first-order chi connectivity index (χ1) is 9.49. The molecule has 2 nitrogen and oxygen atoms in total. The Kier molecular flexibility index (Phi) is 4.69. The molecule has 0 aliphatic heterocycles. The predicted octanol–water partition coefficient (Wildman–Crippen LogP) is 4.24. The number of aliphatic hydroxyl groups excluding tert-OH is 1. The molecule has 0 fully saturated rings. The van der Waals surface area contributed by atoms with Crippen LogP contribution in [0.2, 0.25) is 5.02 Å². The molecule has 2 aromatic carbocycles. The molecule has 1 N–H and O–H groups in total. The Balaban J connectivity index is 2.27. The zero-order valence-electron chi connectivity index (χ0n) is 12.0. The molecule has 106 valence electrons. The first kappa shape index (κ1) is 14.9. The van der Waals surface area contributed by atoms with Crippen molar-refractivity contribution < 1.29 is 9.84 Å². The smallest absolute Gasteiger partial charge is 0.122 e. The summed E-state index contributed by atoms with van der Waals surface area (Å²) in [6.45, 7) is 3.99. The predicted molar refractivity (Wildman–Crippen MR) is 82.6 cm³/mol. The number of rotatable bonds is 4. The molecule has 0 heterocycles. The average Bonchev–Trinajstić information content (AvgIpc) is 2.37. The van der Waals surface area contributed by atoms with Gasteiger partial charge in [0.25, 0.3) is 0 Å². The molecule has 0 spiro atoms. The van der Waals surface area contributed by atoms with Gasteiger partial charge in [0.15, 0.2) is 0 Å². The van der Waals surface area contributed by atoms with Crippen molar-refractivity contribution >= 4 is 11.6 Å². The second-order valence-corrected chi connectivity index (χ2v) is 5.53. The van der Waals surface area contributed by atoms with Crippen LogP contribution in [0, 0.1) is 13.8 Å². The number of benzene rings is 2. The number of aliphatic hydroxyl groups is 1. The second kappa shape index (κ2) is 6.29. The van der Waals surface area contributed by atoms with E-state index in [1.54, 1.807) is 7.11 Å². The largest absolute Gasteiger partial charge is 0.496 e. The molecule has 0 bridgehead atoms. The summed E-state index contributed by atoms with van der Waals surface area (Å²) in [4.78, 5) is 0. The van der Waals surface area contributed by atoms with Gasteiger partial charge in [-0.15, -0.1) is 0 Å². The Labute approximate surface area is 125 Å². The van der Waals surface area contributed by atoms with Gasteiger partial charge >= 0.3 is 0 Å². The molecule has 0 amide bonds. The standard InChI is InChI=1S/C17H19ClO2/c1-11-4-5-17(20-3)14(6-11)10-16(19)13-7-12(2)8-15(18)9-13/h4-9,16,19H,10H2,1-3H3. The van der Waals surface area contributed by atoms with Crippen LogP contribution in [0.3, 0.4) is 0 Å². The van der Waals surface area contributed by atoms with Crippen molar-refractivity contribution in [2.45, 2.75) is 26.4 Å². The summed E-state index contributed by atoms with van der Waals surface area (Å²) in [7, 11) is 1.64. The van der Waals surface area contributed by atoms with E-state index in [2.05, 4.69) is 0 Å². The molecular weight excluding hydrogens is 272 g/mol. The van der Waals surface area contributed by atoms with Crippen molar-refractivity contribution in [2.24, 2.45) is 0 Å². The van der Waals surface area contributed by atoms with Gasteiger partial charge in [-0.1, -0.05) is 35.4 Å². The Morgan fingerprint density at radius 2 is 1.85 bits per heavy atom. The maximum absolute atomic E-state index is 10.4. The quantitative estimate of drug-likeness (QED) is 0.912. The van der Waals surface area contributed by atoms with E-state index >= 15 is 0 Å². The average molecular weight is 291 g/mol. The molecule has 0 radical (unpaired) electrons. The minimum absolute atomic E-state index is 0.505. The van der Waals surface area contributed by atoms with Gasteiger partial charge in [-0.3, -0.25) is 0 Å². The van der Waals surface area contributed by atoms with Crippen molar-refractivity contribution in [1.82, 2.24) is 0 Å². The van der Waals surface area contributed by atoms with Gasteiger partial charge in [-0.2, -0.15) is 0 Å². The Hall–Kier alpha value is -1.51. The summed E-state index contributed by atoms with van der Waals surface area (Å²) in [6.07, 6.45) is -0.0898. The Morgan fingerprint density at radius 1 is 1.10 bits per heavy atom. The highest BCUT2D eigenvalue weighted by Gasteiger charge is 2.13. The van der Waals surface area contributed by atoms with Crippen molar-refractivity contribution in [3.8, 4) is 5.75 Å². The van der Waals surface area contributed by atoms with Crippen LogP contribution in [0.25, 0.3) is 0 Å². The molecule has 20 heavy (non-hydrogen) atoms. The van der Waals surface area contributed by atoms with E-state index in [4.69, 9.17) is 16.3 Å². The Morgan fingerprint density at radius 3 is 2.50 bits per heavy atom. The molecule has 1 unspecified atom stereocenters. The molecule has 0 aromatic heterocycles. The third kappa shape index (κ3) is 3.53. The summed E-state index contributed by atoms with van der Waals surface area (Å²) in [6, 6.07) is 11.6. The van der Waals surface area contributed by atoms with Crippen molar-refractivity contribution in [3.63, 3.8) is 0 Å². The summed E-state index contributed by atoms with van der Waals surface area (Å²) in [5.74, 6) is 0.799. The lowest BCUT2D eigenvalue weighted by molar-refractivity contribution is 0.177. The number of ether oxygens (including phenoxy) is 1. The van der Waals surface area contributed by atoms with Gasteiger partial charge in [-0.25, -0.2) is 0 Å². The topological polar surface area (TPSA) is 29.5 Å². The van der Waals surface area contributed by atoms with Crippen LogP contribution in [0.15, 0.2) is 36.4 Å². The highest BCUT2D eigenvalue weighted by atomic mass is 35.5. The molecule has 3 heteroatoms. The first-order valence-corrected chi connectivity index (χ1v) is 6.96. The van der Waals surface area contributed by atoms with E-state index in [0.29, 0.717) is 11.4 Å². The molecule has 0 aliphatic carbocycles. The molecular formula is C17H19ClO2. The summed E-state index contributed by atoms with van der Waals surface area (Å²) in [5.41, 5.74) is 4.02. The maximum atomic E-state index is 10.4. The molecule has 2 aromatic rings. The first-order valence-electron chi connectivity index (χ1n) is 6.58. The van der Waals surface area contributed by atoms with Gasteiger partial charge < -0.3 is 9.84 Å². The fraction of sp³-hybridized carbons (Fsp3) is 0.294. The molecule has 0 saturated heterocycles. The molecule has 0 saturated carbocycles. The highest BCUT2D eigenvalue weighted by Crippen LogP contribution is 2.27. The summed E-state index contributed by atoms with van der Waals surface area (Å²) < 4.78 is 5.35. The van der Waals surface area contributed by atoms with Crippen LogP contribution >= 0.6 is 11.6 Å². The van der Waals surface area contributed by atoms with E-state index in [1.165, 1.54) is 0 Å². The van der Waals surface area contributed by atoms with Gasteiger partial charge in [-0.05, 0) is 48.7 Å². The van der Waals surface area contributed by atoms with E-state index in [-0.39, 0.29) is 0 Å². The van der Waals surface area contributed by atoms with Crippen LogP contribution < -0.4 is 4.74 Å². The normalized spacial score (nSPS) is 12.2. The van der Waals surface area contributed by atoms with E-state index in [1.807, 2.05) is 50.2 Å². The van der Waals surface area contributed by atoms with Crippen molar-refractivity contribution in [2.75, 3.05) is 7.11 Å². The van der Waals surface area contributed by atoms with Crippen LogP contribution in [0.5, 0.6) is 5.75 Å². The third-order valence-electron chi connectivity index (χ3n) is 3.30. The number of aryl methyl sites for hydroxylation is 2. The monoisotopic (exact) mass is 290 g/mol. The minimum Gasteiger partial charge on any atom is -0.496 e. The number of hydrogen-bond acceptors (Lipinski definition) is 2. The van der Waals surface area contributed by atoms with Crippen LogP contribution in [-0.2, 0) is 6.42 Å². The van der Waals surface area contributed by atoms with Crippen LogP contribution in [-0.4, -0.2) is 12.2 Å². The fourth-order valence-corrected chi connectivity index (χ4v) is 2.65. The second-order valence-electron chi connectivity index (χ2n) is 5.10. The highest BCUT2D eigenvalue weighted by molar-refractivity contribution is 6.30. The number of hydrogen-bond donors (Lipinski definition) is 1. The summed E-state index contributed by atoms with van der Waals surface area (Å²) >= 11 is 6.05. The SMILES string of the molecule is COc1ccc(C)cc1CC(O)c1cc(C)cc(Cl)c1. The van der Waals surface area contributed by atoms with E-state index in [9.17, 15) is 5.11 Å². The molecule has 0 aliphatic rings. The van der Waals surface area contributed by atoms with Crippen LogP contribution in [0.1, 0.15) is 28.4 Å². The zero-order valence-corrected chi connectivity index (χ0v) is 12.7. The zero-order chi connectivity index (χ0) is 14.7. The van der Waals surface area contributed by atoms with Crippen LogP contribution in [0.4, 0.5) is 0 Å². The van der Waals surface area contributed by atoms with Gasteiger partial charge in [0.2, 0.25) is 0 Å². The van der Waals surface area contributed by atoms with E-state index < -0.39 is 6.10 Å². The lowest BCUT2D eigenvalue weighted by atomic mass is 9.98. The Bertz CT molecular complexity index is 588. The number of methoxy groups -OCH3 is 1. The van der Waals surface area contributed by atoms with E-state index in [0.717, 1.165) is 28.0 Å². The van der Waals surface area contributed by atoms with Gasteiger partial charge in [0.1, 0.15) is 5.75 Å². The van der Waals surface area contributed by atoms with Crippen molar-refractivity contribution in [1.29, 1.82) is 0 Å². The minimum atomic E-state index is -0.594. The maximum Gasteiger partial charge on any atom is 0.122 e. The number of halogens is 1. The lowest BCUT2D eigenvalue weighted by Crippen LogP contribution is -2.04. The third-order valence-corrected chi connectivity index (χ3v) is 3.52. The molecule has 1 atom stereocenters. The van der Waals surface area contributed by atoms with Gasteiger partial charge in [0, 0.05) is 11.4 Å². The molecule has 2 rings (SSSR count). The lowest BCUT2D eigenvalue weighted by Gasteiger charge is -2.15. The van der Waals surface area contributed by atoms with Gasteiger partial charge in [0.05, 0.1) is 13.2 Å². The van der Waals surface area contributed by atoms with Crippen molar-refractivity contribution in [3.05, 3.63) is 63.7 Å². The fourth-order valence-electron chi connectivity index (χ4n) is 2.35. The summed E-state index contributed by atoms with van der Waals surface area (Å²) in [5, 5.41) is 11.1.